The van der Waals surface area contributed by atoms with Gasteiger partial charge in [-0.2, -0.15) is 0 Å². The summed E-state index contributed by atoms with van der Waals surface area (Å²) in [6, 6.07) is 4.23. The van der Waals surface area contributed by atoms with Crippen molar-refractivity contribution in [1.82, 2.24) is 15.5 Å². The average molecular weight is 342 g/mol. The first-order valence-electron chi connectivity index (χ1n) is 8.53. The van der Waals surface area contributed by atoms with E-state index in [0.29, 0.717) is 6.54 Å². The number of hydrogen-bond donors (Lipinski definition) is 2. The minimum absolute atomic E-state index is 0. The van der Waals surface area contributed by atoms with Crippen LogP contribution in [0.3, 0.4) is 0 Å². The van der Waals surface area contributed by atoms with Crippen molar-refractivity contribution in [3.8, 4) is 0 Å². The monoisotopic (exact) mass is 341 g/mol. The summed E-state index contributed by atoms with van der Waals surface area (Å²) in [4.78, 5) is 14.8. The van der Waals surface area contributed by atoms with Crippen molar-refractivity contribution in [3.05, 3.63) is 23.7 Å². The molecule has 0 bridgehead atoms. The van der Waals surface area contributed by atoms with Crippen LogP contribution in [0.5, 0.6) is 0 Å². The number of carbonyl (C=O) groups is 1. The van der Waals surface area contributed by atoms with E-state index in [4.69, 9.17) is 4.42 Å². The van der Waals surface area contributed by atoms with Crippen LogP contribution >= 0.6 is 12.4 Å². The summed E-state index contributed by atoms with van der Waals surface area (Å²) in [5.74, 6) is 2.28. The Kier molecular flexibility index (Phi) is 6.93. The summed E-state index contributed by atoms with van der Waals surface area (Å²) in [6.45, 7) is 6.70. The number of halogens is 1. The molecule has 23 heavy (non-hydrogen) atoms. The zero-order valence-electron chi connectivity index (χ0n) is 13.8. The third-order valence-electron chi connectivity index (χ3n) is 4.85. The summed E-state index contributed by atoms with van der Waals surface area (Å²) >= 11 is 0. The molecule has 0 aliphatic carbocycles. The Morgan fingerprint density at radius 2 is 2.04 bits per heavy atom. The molecule has 1 aromatic heterocycles. The Morgan fingerprint density at radius 3 is 2.65 bits per heavy atom. The van der Waals surface area contributed by atoms with Gasteiger partial charge in [0.2, 0.25) is 5.91 Å². The molecule has 1 amide bonds. The molecular weight excluding hydrogens is 314 g/mol. The predicted octanol–water partition coefficient (Wildman–Crippen LogP) is 2.26. The van der Waals surface area contributed by atoms with E-state index in [1.807, 2.05) is 13.0 Å². The Morgan fingerprint density at radius 1 is 1.35 bits per heavy atom. The van der Waals surface area contributed by atoms with Crippen molar-refractivity contribution in [2.75, 3.05) is 32.7 Å². The highest BCUT2D eigenvalue weighted by atomic mass is 35.5. The second-order valence-electron chi connectivity index (χ2n) is 6.48. The maximum atomic E-state index is 12.4. The van der Waals surface area contributed by atoms with Crippen LogP contribution in [0, 0.1) is 12.8 Å². The smallest absolute Gasteiger partial charge is 0.223 e. The number of amides is 1. The summed E-state index contributed by atoms with van der Waals surface area (Å²) in [5.41, 5.74) is 0. The third-order valence-corrected chi connectivity index (χ3v) is 4.85. The van der Waals surface area contributed by atoms with Gasteiger partial charge in [0.1, 0.15) is 11.5 Å². The Labute approximate surface area is 144 Å². The first kappa shape index (κ1) is 18.3. The van der Waals surface area contributed by atoms with Gasteiger partial charge in [0.25, 0.3) is 0 Å². The molecule has 5 nitrogen and oxygen atoms in total. The van der Waals surface area contributed by atoms with E-state index in [1.165, 1.54) is 12.8 Å². The van der Waals surface area contributed by atoms with Crippen molar-refractivity contribution in [1.29, 1.82) is 0 Å². The van der Waals surface area contributed by atoms with Gasteiger partial charge in [-0.3, -0.25) is 9.69 Å². The van der Waals surface area contributed by atoms with Crippen LogP contribution in [0.15, 0.2) is 16.5 Å². The minimum atomic E-state index is 0. The number of carbonyl (C=O) groups excluding carboxylic acids is 1. The standard InChI is InChI=1S/C17H27N3O2.ClH/c1-13-4-5-16(22-13)15(20-10-2-3-11-20)12-19-17(21)14-6-8-18-9-7-14;/h4-5,14-15,18H,2-3,6-12H2,1H3,(H,19,21);1H. The van der Waals surface area contributed by atoms with Crippen molar-refractivity contribution in [2.45, 2.75) is 38.6 Å². The molecule has 3 heterocycles. The molecule has 6 heteroatoms. The van der Waals surface area contributed by atoms with Gasteiger partial charge < -0.3 is 15.1 Å². The van der Waals surface area contributed by atoms with Gasteiger partial charge in [0, 0.05) is 12.5 Å². The lowest BCUT2D eigenvalue weighted by Gasteiger charge is -2.28. The molecule has 130 valence electrons. The molecule has 2 fully saturated rings. The first-order valence-corrected chi connectivity index (χ1v) is 8.53. The zero-order chi connectivity index (χ0) is 15.4. The number of nitrogens with one attached hydrogen (secondary N) is 2. The fourth-order valence-corrected chi connectivity index (χ4v) is 3.52. The molecule has 0 spiro atoms. The largest absolute Gasteiger partial charge is 0.465 e. The van der Waals surface area contributed by atoms with E-state index < -0.39 is 0 Å². The number of furan rings is 1. The van der Waals surface area contributed by atoms with E-state index >= 15 is 0 Å². The van der Waals surface area contributed by atoms with Crippen molar-refractivity contribution in [2.24, 2.45) is 5.92 Å². The number of aryl methyl sites for hydroxylation is 1. The Bertz CT molecular complexity index is 494. The summed E-state index contributed by atoms with van der Waals surface area (Å²) in [5, 5.41) is 6.47. The van der Waals surface area contributed by atoms with Gasteiger partial charge in [0.05, 0.1) is 6.04 Å². The van der Waals surface area contributed by atoms with Crippen LogP contribution in [0.4, 0.5) is 0 Å². The van der Waals surface area contributed by atoms with E-state index in [-0.39, 0.29) is 30.3 Å². The van der Waals surface area contributed by atoms with Crippen LogP contribution in [-0.4, -0.2) is 43.5 Å². The minimum Gasteiger partial charge on any atom is -0.465 e. The van der Waals surface area contributed by atoms with Crippen LogP contribution < -0.4 is 10.6 Å². The predicted molar refractivity (Wildman–Crippen MR) is 92.8 cm³/mol. The topological polar surface area (TPSA) is 57.5 Å². The van der Waals surface area contributed by atoms with Crippen molar-refractivity contribution in [3.63, 3.8) is 0 Å². The summed E-state index contributed by atoms with van der Waals surface area (Å²) < 4.78 is 5.83. The molecule has 2 aliphatic rings. The van der Waals surface area contributed by atoms with Crippen LogP contribution in [0.1, 0.15) is 43.2 Å². The van der Waals surface area contributed by atoms with Gasteiger partial charge in [-0.1, -0.05) is 0 Å². The molecule has 0 radical (unpaired) electrons. The fraction of sp³-hybridized carbons (Fsp3) is 0.706. The maximum Gasteiger partial charge on any atom is 0.223 e. The van der Waals surface area contributed by atoms with E-state index in [9.17, 15) is 4.79 Å². The van der Waals surface area contributed by atoms with Crippen LogP contribution in [0.25, 0.3) is 0 Å². The van der Waals surface area contributed by atoms with E-state index in [1.54, 1.807) is 0 Å². The number of nitrogens with zero attached hydrogens (tertiary/aromatic N) is 1. The molecule has 3 rings (SSSR count). The van der Waals surface area contributed by atoms with E-state index in [2.05, 4.69) is 21.6 Å². The molecule has 2 aliphatic heterocycles. The number of rotatable bonds is 5. The normalized spacial score (nSPS) is 20.9. The molecule has 0 aromatic carbocycles. The van der Waals surface area contributed by atoms with Crippen molar-refractivity contribution >= 4 is 18.3 Å². The summed E-state index contributed by atoms with van der Waals surface area (Å²) in [6.07, 6.45) is 4.36. The quantitative estimate of drug-likeness (QED) is 0.862. The summed E-state index contributed by atoms with van der Waals surface area (Å²) in [7, 11) is 0. The van der Waals surface area contributed by atoms with Crippen molar-refractivity contribution < 1.29 is 9.21 Å². The first-order chi connectivity index (χ1) is 10.7. The highest BCUT2D eigenvalue weighted by Gasteiger charge is 2.28. The molecule has 2 N–H and O–H groups in total. The molecule has 1 atom stereocenters. The highest BCUT2D eigenvalue weighted by Crippen LogP contribution is 2.26. The highest BCUT2D eigenvalue weighted by molar-refractivity contribution is 5.85. The van der Waals surface area contributed by atoms with E-state index in [0.717, 1.165) is 50.5 Å². The molecule has 0 saturated carbocycles. The molecule has 1 aromatic rings. The molecule has 1 unspecified atom stereocenters. The lowest BCUT2D eigenvalue weighted by molar-refractivity contribution is -0.126. The number of piperidine rings is 1. The Hall–Kier alpha value is -1.04. The average Bonchev–Trinajstić information content (AvgIpc) is 3.21. The van der Waals surface area contributed by atoms with Crippen LogP contribution in [-0.2, 0) is 4.79 Å². The van der Waals surface area contributed by atoms with Gasteiger partial charge in [0.15, 0.2) is 0 Å². The van der Waals surface area contributed by atoms with Gasteiger partial charge in [-0.15, -0.1) is 12.4 Å². The zero-order valence-corrected chi connectivity index (χ0v) is 14.7. The van der Waals surface area contributed by atoms with Gasteiger partial charge in [-0.05, 0) is 70.9 Å². The second kappa shape index (κ2) is 8.71. The second-order valence-corrected chi connectivity index (χ2v) is 6.48. The molecular formula is C17H28ClN3O2. The van der Waals surface area contributed by atoms with Crippen LogP contribution in [0.2, 0.25) is 0 Å². The Balaban J connectivity index is 0.00000192. The fourth-order valence-electron chi connectivity index (χ4n) is 3.52. The SMILES string of the molecule is Cc1ccc(C(CNC(=O)C2CCNCC2)N2CCCC2)o1.Cl. The molecule has 2 saturated heterocycles. The third kappa shape index (κ3) is 4.72. The maximum absolute atomic E-state index is 12.4. The lowest BCUT2D eigenvalue weighted by Crippen LogP contribution is -2.42. The number of likely N-dealkylation sites (tertiary alicyclic amines) is 1. The van der Waals surface area contributed by atoms with Gasteiger partial charge in [-0.25, -0.2) is 0 Å². The lowest BCUT2D eigenvalue weighted by atomic mass is 9.97. The van der Waals surface area contributed by atoms with Gasteiger partial charge >= 0.3 is 0 Å². The number of hydrogen-bond acceptors (Lipinski definition) is 4.